The first kappa shape index (κ1) is 19.1. The van der Waals surface area contributed by atoms with Crippen LogP contribution in [0, 0.1) is 34.5 Å². The molecule has 4 aliphatic rings. The molecule has 0 saturated heterocycles. The molecule has 0 radical (unpaired) electrons. The highest BCUT2D eigenvalue weighted by molar-refractivity contribution is 5.17. The Bertz CT molecular complexity index is 555. The van der Waals surface area contributed by atoms with Gasteiger partial charge in [-0.25, -0.2) is 0 Å². The van der Waals surface area contributed by atoms with Crippen LogP contribution >= 0.6 is 0 Å². The number of aliphatic hydroxyl groups excluding tert-OH is 4. The van der Waals surface area contributed by atoms with Gasteiger partial charge in [0.1, 0.15) is 6.10 Å². The Labute approximate surface area is 156 Å². The van der Waals surface area contributed by atoms with Crippen molar-refractivity contribution in [2.45, 2.75) is 89.1 Å². The summed E-state index contributed by atoms with van der Waals surface area (Å²) in [5.74, 6) is 1.29. The smallest absolute Gasteiger partial charge is 0.106 e. The first-order valence-corrected chi connectivity index (χ1v) is 10.5. The second-order valence-electron chi connectivity index (χ2n) is 10.4. The molecule has 26 heavy (non-hydrogen) atoms. The van der Waals surface area contributed by atoms with E-state index in [4.69, 9.17) is 0 Å². The van der Waals surface area contributed by atoms with E-state index in [9.17, 15) is 25.5 Å². The largest absolute Gasteiger partial charge is 0.394 e. The Morgan fingerprint density at radius 1 is 1.04 bits per heavy atom. The topological polar surface area (TPSA) is 101 Å². The highest BCUT2D eigenvalue weighted by atomic mass is 16.4. The lowest BCUT2D eigenvalue weighted by Gasteiger charge is -2.63. The van der Waals surface area contributed by atoms with Crippen molar-refractivity contribution in [3.8, 4) is 0 Å². The average Bonchev–Trinajstić information content (AvgIpc) is 2.86. The lowest BCUT2D eigenvalue weighted by atomic mass is 9.43. The van der Waals surface area contributed by atoms with E-state index >= 15 is 0 Å². The van der Waals surface area contributed by atoms with Crippen molar-refractivity contribution in [1.82, 2.24) is 0 Å². The summed E-state index contributed by atoms with van der Waals surface area (Å²) in [4.78, 5) is 0. The molecule has 10 atom stereocenters. The summed E-state index contributed by atoms with van der Waals surface area (Å²) in [7, 11) is 0. The van der Waals surface area contributed by atoms with E-state index in [-0.39, 0.29) is 23.4 Å². The zero-order chi connectivity index (χ0) is 18.9. The van der Waals surface area contributed by atoms with Crippen LogP contribution in [0.2, 0.25) is 0 Å². The third-order valence-corrected chi connectivity index (χ3v) is 9.51. The monoisotopic (exact) mass is 368 g/mol. The molecule has 0 spiro atoms. The van der Waals surface area contributed by atoms with Crippen LogP contribution in [0.4, 0.5) is 0 Å². The molecule has 4 aliphatic carbocycles. The van der Waals surface area contributed by atoms with Gasteiger partial charge in [-0.1, -0.05) is 13.8 Å². The van der Waals surface area contributed by atoms with E-state index in [1.807, 2.05) is 6.92 Å². The van der Waals surface area contributed by atoms with Crippen molar-refractivity contribution in [3.05, 3.63) is 0 Å². The maximum Gasteiger partial charge on any atom is 0.106 e. The molecule has 0 unspecified atom stereocenters. The van der Waals surface area contributed by atoms with Gasteiger partial charge in [-0.2, -0.15) is 0 Å². The molecule has 0 aliphatic heterocycles. The summed E-state index contributed by atoms with van der Waals surface area (Å²) in [6.07, 6.45) is 4.70. The molecular formula is C21H36O5. The zero-order valence-corrected chi connectivity index (χ0v) is 16.1. The molecule has 4 saturated carbocycles. The predicted octanol–water partition coefficient (Wildman–Crippen LogP) is 1.45. The molecule has 0 aromatic rings. The number of fused-ring (bicyclic) bond motifs is 5. The predicted molar refractivity (Wildman–Crippen MR) is 97.2 cm³/mol. The van der Waals surface area contributed by atoms with Gasteiger partial charge in [0.15, 0.2) is 0 Å². The summed E-state index contributed by atoms with van der Waals surface area (Å²) >= 11 is 0. The standard InChI is InChI=1S/C21H36O5/c1-19-7-5-13(23)9-12(19)3-4-14-15-6-8-21(26,17(25)11-22)20(15,2)10-16(24)18(14)19/h12-18,22-26H,3-11H2,1-2H3/t12-,13-,14-,15-,16+,17+,18+,19-,20-,21-/m0/s1. The highest BCUT2D eigenvalue weighted by Gasteiger charge is 2.68. The fourth-order valence-electron chi connectivity index (χ4n) is 8.10. The number of aliphatic hydroxyl groups is 5. The van der Waals surface area contributed by atoms with Crippen molar-refractivity contribution >= 4 is 0 Å². The van der Waals surface area contributed by atoms with Gasteiger partial charge in [-0.3, -0.25) is 0 Å². The van der Waals surface area contributed by atoms with Gasteiger partial charge in [0.05, 0.1) is 24.4 Å². The van der Waals surface area contributed by atoms with Crippen molar-refractivity contribution in [2.75, 3.05) is 6.61 Å². The molecule has 4 fully saturated rings. The van der Waals surface area contributed by atoms with Crippen LogP contribution in [-0.2, 0) is 0 Å². The van der Waals surface area contributed by atoms with E-state index in [1.54, 1.807) is 0 Å². The fraction of sp³-hybridized carbons (Fsp3) is 1.00. The molecule has 150 valence electrons. The minimum absolute atomic E-state index is 0.0548. The number of hydrogen-bond acceptors (Lipinski definition) is 5. The molecular weight excluding hydrogens is 332 g/mol. The van der Waals surface area contributed by atoms with Crippen molar-refractivity contribution in [3.63, 3.8) is 0 Å². The van der Waals surface area contributed by atoms with Crippen molar-refractivity contribution in [2.24, 2.45) is 34.5 Å². The first-order valence-electron chi connectivity index (χ1n) is 10.5. The highest BCUT2D eigenvalue weighted by Crippen LogP contribution is 2.68. The Morgan fingerprint density at radius 3 is 2.46 bits per heavy atom. The summed E-state index contributed by atoms with van der Waals surface area (Å²) in [5.41, 5.74) is -1.83. The summed E-state index contributed by atoms with van der Waals surface area (Å²) in [6.45, 7) is 3.89. The lowest BCUT2D eigenvalue weighted by Crippen LogP contribution is -2.64. The number of rotatable bonds is 2. The van der Waals surface area contributed by atoms with Gasteiger partial charge in [-0.15, -0.1) is 0 Å². The Kier molecular flexibility index (Phi) is 4.52. The minimum atomic E-state index is -1.32. The molecule has 0 amide bonds. The average molecular weight is 369 g/mol. The van der Waals surface area contributed by atoms with Crippen LogP contribution in [0.15, 0.2) is 0 Å². The van der Waals surface area contributed by atoms with Gasteiger partial charge in [0.2, 0.25) is 0 Å². The minimum Gasteiger partial charge on any atom is -0.394 e. The Hall–Kier alpha value is -0.200. The molecule has 5 heteroatoms. The van der Waals surface area contributed by atoms with Gasteiger partial charge >= 0.3 is 0 Å². The Balaban J connectivity index is 1.68. The summed E-state index contributed by atoms with van der Waals surface area (Å²) in [6, 6.07) is 0. The van der Waals surface area contributed by atoms with Crippen molar-refractivity contribution in [1.29, 1.82) is 0 Å². The SMILES string of the molecule is C[C@]12CC[C@H](O)C[C@@H]1CC[C@@H]1[C@@H]2[C@H](O)C[C@@]2(C)[C@H]1CC[C@]2(O)[C@H](O)CO. The van der Waals surface area contributed by atoms with E-state index in [1.165, 1.54) is 0 Å². The number of hydrogen-bond donors (Lipinski definition) is 5. The second kappa shape index (κ2) is 6.15. The molecule has 0 bridgehead atoms. The van der Waals surface area contributed by atoms with E-state index in [2.05, 4.69) is 6.92 Å². The molecule has 5 N–H and O–H groups in total. The maximum absolute atomic E-state index is 11.3. The molecule has 0 aromatic heterocycles. The van der Waals surface area contributed by atoms with Crippen LogP contribution in [0.1, 0.15) is 65.2 Å². The van der Waals surface area contributed by atoms with Gasteiger partial charge in [0.25, 0.3) is 0 Å². The zero-order valence-electron chi connectivity index (χ0n) is 16.1. The quantitative estimate of drug-likeness (QED) is 0.508. The van der Waals surface area contributed by atoms with Crippen LogP contribution in [0.25, 0.3) is 0 Å². The first-order chi connectivity index (χ1) is 12.2. The lowest BCUT2D eigenvalue weighted by molar-refractivity contribution is -0.224. The Morgan fingerprint density at radius 2 is 1.77 bits per heavy atom. The maximum atomic E-state index is 11.3. The second-order valence-corrected chi connectivity index (χ2v) is 10.4. The third kappa shape index (κ3) is 2.33. The van der Waals surface area contributed by atoms with E-state index < -0.39 is 29.8 Å². The fourth-order valence-corrected chi connectivity index (χ4v) is 8.10. The van der Waals surface area contributed by atoms with Gasteiger partial charge < -0.3 is 25.5 Å². The molecule has 5 nitrogen and oxygen atoms in total. The molecule has 0 aromatic carbocycles. The van der Waals surface area contributed by atoms with Crippen molar-refractivity contribution < 1.29 is 25.5 Å². The normalized spacial score (nSPS) is 57.8. The van der Waals surface area contributed by atoms with E-state index in [0.717, 1.165) is 38.5 Å². The van der Waals surface area contributed by atoms with E-state index in [0.29, 0.717) is 24.7 Å². The molecule has 4 rings (SSSR count). The van der Waals surface area contributed by atoms with Crippen LogP contribution in [-0.4, -0.2) is 56.1 Å². The van der Waals surface area contributed by atoms with Gasteiger partial charge in [-0.05, 0) is 80.5 Å². The van der Waals surface area contributed by atoms with Crippen LogP contribution in [0.3, 0.4) is 0 Å². The molecule has 0 heterocycles. The third-order valence-electron chi connectivity index (χ3n) is 9.51. The van der Waals surface area contributed by atoms with Gasteiger partial charge in [0, 0.05) is 5.41 Å². The summed E-state index contributed by atoms with van der Waals surface area (Å²) in [5, 5.41) is 52.5. The van der Waals surface area contributed by atoms with Crippen LogP contribution < -0.4 is 0 Å². The summed E-state index contributed by atoms with van der Waals surface area (Å²) < 4.78 is 0. The van der Waals surface area contributed by atoms with Crippen LogP contribution in [0.5, 0.6) is 0 Å².